The Morgan fingerprint density at radius 1 is 1.24 bits per heavy atom. The highest BCUT2D eigenvalue weighted by molar-refractivity contribution is 7.89. The number of nitrogens with zero attached hydrogens (tertiary/aromatic N) is 1. The molecule has 0 N–H and O–H groups in total. The second-order valence-electron chi connectivity index (χ2n) is 5.63. The molecule has 1 aromatic carbocycles. The largest absolute Gasteiger partial charge is 0.377 e. The van der Waals surface area contributed by atoms with Gasteiger partial charge in [0.2, 0.25) is 10.0 Å². The first-order valence-corrected chi connectivity index (χ1v) is 9.23. The zero-order valence-corrected chi connectivity index (χ0v) is 13.8. The third kappa shape index (κ3) is 3.54. The van der Waals surface area contributed by atoms with E-state index in [9.17, 15) is 8.42 Å². The number of halogens is 2. The average molecular weight is 350 g/mol. The quantitative estimate of drug-likeness (QED) is 0.819. The Kier molecular flexibility index (Phi) is 4.48. The van der Waals surface area contributed by atoms with Crippen LogP contribution in [0.1, 0.15) is 19.3 Å². The van der Waals surface area contributed by atoms with Crippen LogP contribution in [0, 0.1) is 5.92 Å². The highest BCUT2D eigenvalue weighted by Gasteiger charge is 2.35. The summed E-state index contributed by atoms with van der Waals surface area (Å²) in [7, 11) is -3.61. The number of hydrogen-bond acceptors (Lipinski definition) is 3. The summed E-state index contributed by atoms with van der Waals surface area (Å²) in [4.78, 5) is 0.0690. The Bertz CT molecular complexity index is 631. The Hall–Kier alpha value is -0.330. The van der Waals surface area contributed by atoms with Crippen molar-refractivity contribution in [1.29, 1.82) is 0 Å². The van der Waals surface area contributed by atoms with Crippen LogP contribution in [-0.4, -0.2) is 38.5 Å². The number of sulfonamides is 1. The predicted molar refractivity (Wildman–Crippen MR) is 82.3 cm³/mol. The predicted octanol–water partition coefficient (Wildman–Crippen LogP) is 3.18. The van der Waals surface area contributed by atoms with E-state index >= 15 is 0 Å². The second kappa shape index (κ2) is 6.05. The summed E-state index contributed by atoms with van der Waals surface area (Å²) in [6.45, 7) is 1.59. The number of benzene rings is 1. The fourth-order valence-electron chi connectivity index (χ4n) is 2.42. The van der Waals surface area contributed by atoms with Gasteiger partial charge < -0.3 is 4.74 Å². The molecule has 0 amide bonds. The van der Waals surface area contributed by atoms with Gasteiger partial charge in [0, 0.05) is 24.7 Å². The van der Waals surface area contributed by atoms with Crippen molar-refractivity contribution in [3.63, 3.8) is 0 Å². The fraction of sp³-hybridized carbons (Fsp3) is 0.571. The van der Waals surface area contributed by atoms with Gasteiger partial charge in [0.25, 0.3) is 0 Å². The summed E-state index contributed by atoms with van der Waals surface area (Å²) in [6, 6.07) is 4.49. The van der Waals surface area contributed by atoms with Crippen LogP contribution in [0.5, 0.6) is 0 Å². The van der Waals surface area contributed by atoms with Crippen molar-refractivity contribution in [2.24, 2.45) is 5.92 Å². The van der Waals surface area contributed by atoms with E-state index in [0.29, 0.717) is 24.0 Å². The fourth-order valence-corrected chi connectivity index (χ4v) is 4.65. The van der Waals surface area contributed by atoms with Crippen molar-refractivity contribution in [3.8, 4) is 0 Å². The maximum Gasteiger partial charge on any atom is 0.244 e. The van der Waals surface area contributed by atoms with Gasteiger partial charge in [0.15, 0.2) is 0 Å². The monoisotopic (exact) mass is 349 g/mol. The molecule has 3 rings (SSSR count). The molecule has 2 aliphatic rings. The molecule has 0 bridgehead atoms. The maximum absolute atomic E-state index is 12.6. The third-order valence-corrected chi connectivity index (χ3v) is 6.47. The van der Waals surface area contributed by atoms with E-state index in [1.54, 1.807) is 6.07 Å². The van der Waals surface area contributed by atoms with Gasteiger partial charge in [-0.2, -0.15) is 4.31 Å². The highest BCUT2D eigenvalue weighted by Crippen LogP contribution is 2.32. The topological polar surface area (TPSA) is 46.6 Å². The van der Waals surface area contributed by atoms with Gasteiger partial charge in [0.1, 0.15) is 4.90 Å². The minimum Gasteiger partial charge on any atom is -0.377 e. The Labute approximate surface area is 135 Å². The Morgan fingerprint density at radius 2 is 2.00 bits per heavy atom. The molecule has 4 nitrogen and oxygen atoms in total. The zero-order valence-electron chi connectivity index (χ0n) is 11.5. The Balaban J connectivity index is 1.71. The maximum atomic E-state index is 12.6. The second-order valence-corrected chi connectivity index (χ2v) is 8.38. The van der Waals surface area contributed by atoms with Gasteiger partial charge in [0.05, 0.1) is 11.1 Å². The van der Waals surface area contributed by atoms with Gasteiger partial charge in [-0.15, -0.1) is 0 Å². The molecule has 0 radical (unpaired) electrons. The lowest BCUT2D eigenvalue weighted by molar-refractivity contribution is 0.0561. The summed E-state index contributed by atoms with van der Waals surface area (Å²) >= 11 is 11.9. The molecule has 2 fully saturated rings. The lowest BCUT2D eigenvalue weighted by Crippen LogP contribution is -2.30. The van der Waals surface area contributed by atoms with Crippen LogP contribution in [0.25, 0.3) is 0 Å². The van der Waals surface area contributed by atoms with E-state index in [2.05, 4.69) is 0 Å². The molecule has 1 atom stereocenters. The SMILES string of the molecule is O=S(=O)(c1cc(Cl)ccc1Cl)N1CCC(OCC2CC2)C1. The smallest absolute Gasteiger partial charge is 0.244 e. The summed E-state index contributed by atoms with van der Waals surface area (Å²) in [5.41, 5.74) is 0. The molecule has 7 heteroatoms. The van der Waals surface area contributed by atoms with Crippen molar-refractivity contribution in [2.75, 3.05) is 19.7 Å². The van der Waals surface area contributed by atoms with Crippen molar-refractivity contribution >= 4 is 33.2 Å². The molecule has 0 spiro atoms. The molecule has 1 aliphatic heterocycles. The van der Waals surface area contributed by atoms with E-state index in [4.69, 9.17) is 27.9 Å². The van der Waals surface area contributed by atoms with Crippen LogP contribution in [0.3, 0.4) is 0 Å². The van der Waals surface area contributed by atoms with Crippen molar-refractivity contribution in [1.82, 2.24) is 4.31 Å². The molecular weight excluding hydrogens is 333 g/mol. The first kappa shape index (κ1) is 15.6. The van der Waals surface area contributed by atoms with Crippen LogP contribution in [0.4, 0.5) is 0 Å². The van der Waals surface area contributed by atoms with Crippen molar-refractivity contribution in [2.45, 2.75) is 30.3 Å². The number of rotatable bonds is 5. The molecule has 1 saturated heterocycles. The molecule has 21 heavy (non-hydrogen) atoms. The summed E-state index contributed by atoms with van der Waals surface area (Å²) < 4.78 is 32.5. The van der Waals surface area contributed by atoms with Gasteiger partial charge in [-0.05, 0) is 43.4 Å². The van der Waals surface area contributed by atoms with Crippen LogP contribution < -0.4 is 0 Å². The lowest BCUT2D eigenvalue weighted by atomic mass is 10.3. The highest BCUT2D eigenvalue weighted by atomic mass is 35.5. The molecular formula is C14H17Cl2NO3S. The molecule has 1 heterocycles. The van der Waals surface area contributed by atoms with E-state index in [-0.39, 0.29) is 16.0 Å². The van der Waals surface area contributed by atoms with Crippen molar-refractivity contribution < 1.29 is 13.2 Å². The van der Waals surface area contributed by atoms with E-state index in [0.717, 1.165) is 13.0 Å². The summed E-state index contributed by atoms with van der Waals surface area (Å²) in [6.07, 6.45) is 3.17. The summed E-state index contributed by atoms with van der Waals surface area (Å²) in [5, 5.41) is 0.556. The van der Waals surface area contributed by atoms with Gasteiger partial charge in [-0.25, -0.2) is 8.42 Å². The van der Waals surface area contributed by atoms with Crippen molar-refractivity contribution in [3.05, 3.63) is 28.2 Å². The lowest BCUT2D eigenvalue weighted by Gasteiger charge is -2.17. The van der Waals surface area contributed by atoms with Gasteiger partial charge >= 0.3 is 0 Å². The van der Waals surface area contributed by atoms with E-state index in [1.807, 2.05) is 0 Å². The average Bonchev–Trinajstić information content (AvgIpc) is 3.15. The molecule has 0 aromatic heterocycles. The van der Waals surface area contributed by atoms with Gasteiger partial charge in [-0.1, -0.05) is 23.2 Å². The zero-order chi connectivity index (χ0) is 15.0. The normalized spacial score (nSPS) is 23.6. The standard InChI is InChI=1S/C14H17Cl2NO3S/c15-11-3-4-13(16)14(7-11)21(18,19)17-6-5-12(8-17)20-9-10-1-2-10/h3-4,7,10,12H,1-2,5-6,8-9H2. The molecule has 1 aromatic rings. The van der Waals surface area contributed by atoms with Crippen LogP contribution >= 0.6 is 23.2 Å². The third-order valence-electron chi connectivity index (χ3n) is 3.88. The number of ether oxygens (including phenoxy) is 1. The van der Waals surface area contributed by atoms with E-state index in [1.165, 1.54) is 29.3 Å². The molecule has 1 unspecified atom stereocenters. The first-order chi connectivity index (χ1) is 9.96. The van der Waals surface area contributed by atoms with Crippen LogP contribution in [0.15, 0.2) is 23.1 Å². The van der Waals surface area contributed by atoms with Crippen LogP contribution in [0.2, 0.25) is 10.0 Å². The minimum atomic E-state index is -3.61. The first-order valence-electron chi connectivity index (χ1n) is 7.03. The molecule has 1 saturated carbocycles. The minimum absolute atomic E-state index is 0.0154. The molecule has 1 aliphatic carbocycles. The molecule has 116 valence electrons. The van der Waals surface area contributed by atoms with E-state index < -0.39 is 10.0 Å². The van der Waals surface area contributed by atoms with Gasteiger partial charge in [-0.3, -0.25) is 0 Å². The Morgan fingerprint density at radius 3 is 2.71 bits per heavy atom. The van der Waals surface area contributed by atoms with Crippen LogP contribution in [-0.2, 0) is 14.8 Å². The number of hydrogen-bond donors (Lipinski definition) is 0. The summed E-state index contributed by atoms with van der Waals surface area (Å²) in [5.74, 6) is 0.679.